The molecule has 0 bridgehead atoms. The molecule has 0 saturated heterocycles. The van der Waals surface area contributed by atoms with Crippen molar-refractivity contribution < 1.29 is 4.79 Å². The second-order valence-electron chi connectivity index (χ2n) is 3.79. The van der Waals surface area contributed by atoms with Crippen LogP contribution in [0.25, 0.3) is 0 Å². The summed E-state index contributed by atoms with van der Waals surface area (Å²) < 4.78 is 1.04. The van der Waals surface area contributed by atoms with E-state index in [1.807, 2.05) is 13.0 Å². The van der Waals surface area contributed by atoms with Gasteiger partial charge in [-0.3, -0.25) is 4.79 Å². The Morgan fingerprint density at radius 2 is 2.33 bits per heavy atom. The zero-order valence-corrected chi connectivity index (χ0v) is 11.7. The monoisotopic (exact) mass is 289 g/mol. The van der Waals surface area contributed by atoms with E-state index >= 15 is 0 Å². The Bertz CT molecular complexity index is 329. The SMILES string of the molecule is CCC(C)CNC(=O)c1cc(C)c(Br)s1. The van der Waals surface area contributed by atoms with Crippen LogP contribution in [0.1, 0.15) is 35.5 Å². The van der Waals surface area contributed by atoms with Crippen LogP contribution in [0.5, 0.6) is 0 Å². The molecule has 0 aliphatic carbocycles. The van der Waals surface area contributed by atoms with Crippen molar-refractivity contribution in [3.05, 3.63) is 20.3 Å². The molecule has 15 heavy (non-hydrogen) atoms. The fourth-order valence-electron chi connectivity index (χ4n) is 1.07. The highest BCUT2D eigenvalue weighted by Crippen LogP contribution is 2.27. The largest absolute Gasteiger partial charge is 0.351 e. The van der Waals surface area contributed by atoms with Crippen molar-refractivity contribution >= 4 is 33.2 Å². The number of aryl methyl sites for hydroxylation is 1. The van der Waals surface area contributed by atoms with Crippen LogP contribution in [-0.4, -0.2) is 12.5 Å². The van der Waals surface area contributed by atoms with E-state index in [4.69, 9.17) is 0 Å². The Labute approximate surface area is 103 Å². The first kappa shape index (κ1) is 12.7. The lowest BCUT2D eigenvalue weighted by atomic mass is 10.1. The second kappa shape index (κ2) is 5.66. The van der Waals surface area contributed by atoms with Crippen LogP contribution in [0.15, 0.2) is 9.85 Å². The predicted octanol–water partition coefficient (Wildman–Crippen LogP) is 3.59. The van der Waals surface area contributed by atoms with E-state index in [2.05, 4.69) is 35.1 Å². The van der Waals surface area contributed by atoms with Gasteiger partial charge in [0.25, 0.3) is 5.91 Å². The van der Waals surface area contributed by atoms with Gasteiger partial charge in [-0.2, -0.15) is 0 Å². The molecule has 2 nitrogen and oxygen atoms in total. The molecule has 1 N–H and O–H groups in total. The third-order valence-corrected chi connectivity index (χ3v) is 4.52. The molecule has 0 radical (unpaired) electrons. The Morgan fingerprint density at radius 1 is 1.67 bits per heavy atom. The minimum absolute atomic E-state index is 0.0362. The number of hydrogen-bond acceptors (Lipinski definition) is 2. The molecule has 0 aromatic carbocycles. The number of rotatable bonds is 4. The number of amides is 1. The molecule has 1 rings (SSSR count). The molecular formula is C11H16BrNOS. The maximum absolute atomic E-state index is 11.7. The zero-order valence-electron chi connectivity index (χ0n) is 9.26. The Hall–Kier alpha value is -0.350. The lowest BCUT2D eigenvalue weighted by Crippen LogP contribution is -2.27. The molecule has 1 aromatic heterocycles. The van der Waals surface area contributed by atoms with Crippen LogP contribution in [0.4, 0.5) is 0 Å². The second-order valence-corrected chi connectivity index (χ2v) is 6.16. The highest BCUT2D eigenvalue weighted by atomic mass is 79.9. The van der Waals surface area contributed by atoms with Crippen LogP contribution in [0, 0.1) is 12.8 Å². The number of nitrogens with one attached hydrogen (secondary N) is 1. The van der Waals surface area contributed by atoms with Gasteiger partial charge in [-0.25, -0.2) is 0 Å². The van der Waals surface area contributed by atoms with Gasteiger partial charge in [-0.15, -0.1) is 11.3 Å². The van der Waals surface area contributed by atoms with Gasteiger partial charge in [0.2, 0.25) is 0 Å². The summed E-state index contributed by atoms with van der Waals surface area (Å²) in [6, 6.07) is 1.92. The lowest BCUT2D eigenvalue weighted by Gasteiger charge is -2.08. The molecule has 1 heterocycles. The van der Waals surface area contributed by atoms with Gasteiger partial charge in [0.05, 0.1) is 8.66 Å². The number of halogens is 1. The Balaban J connectivity index is 2.54. The van der Waals surface area contributed by atoms with Gasteiger partial charge in [0.15, 0.2) is 0 Å². The molecule has 0 saturated carbocycles. The average Bonchev–Trinajstić information content (AvgIpc) is 2.55. The van der Waals surface area contributed by atoms with Crippen LogP contribution >= 0.6 is 27.3 Å². The summed E-state index contributed by atoms with van der Waals surface area (Å²) in [7, 11) is 0. The lowest BCUT2D eigenvalue weighted by molar-refractivity contribution is 0.0952. The van der Waals surface area contributed by atoms with Crippen LogP contribution < -0.4 is 5.32 Å². The summed E-state index contributed by atoms with van der Waals surface area (Å²) in [6.07, 6.45) is 1.09. The van der Waals surface area contributed by atoms with E-state index in [1.165, 1.54) is 11.3 Å². The maximum atomic E-state index is 11.7. The summed E-state index contributed by atoms with van der Waals surface area (Å²) in [4.78, 5) is 12.5. The highest BCUT2D eigenvalue weighted by Gasteiger charge is 2.11. The number of carbonyl (C=O) groups is 1. The van der Waals surface area contributed by atoms with E-state index in [9.17, 15) is 4.79 Å². The highest BCUT2D eigenvalue weighted by molar-refractivity contribution is 9.11. The van der Waals surface area contributed by atoms with Gasteiger partial charge in [0.1, 0.15) is 0 Å². The molecule has 1 unspecified atom stereocenters. The first-order chi connectivity index (χ1) is 7.04. The van der Waals surface area contributed by atoms with Gasteiger partial charge in [-0.1, -0.05) is 20.3 Å². The van der Waals surface area contributed by atoms with Crippen molar-refractivity contribution in [2.75, 3.05) is 6.54 Å². The molecule has 0 fully saturated rings. The molecule has 0 spiro atoms. The number of hydrogen-bond donors (Lipinski definition) is 1. The first-order valence-electron chi connectivity index (χ1n) is 5.08. The van der Waals surface area contributed by atoms with Crippen LogP contribution in [-0.2, 0) is 0 Å². The summed E-state index contributed by atoms with van der Waals surface area (Å²) >= 11 is 4.90. The minimum Gasteiger partial charge on any atom is -0.351 e. The number of carbonyl (C=O) groups excluding carboxylic acids is 1. The normalized spacial score (nSPS) is 12.5. The third kappa shape index (κ3) is 3.61. The van der Waals surface area contributed by atoms with Gasteiger partial charge >= 0.3 is 0 Å². The van der Waals surface area contributed by atoms with Crippen molar-refractivity contribution in [2.24, 2.45) is 5.92 Å². The van der Waals surface area contributed by atoms with Gasteiger partial charge in [0, 0.05) is 6.54 Å². The fraction of sp³-hybridized carbons (Fsp3) is 0.545. The van der Waals surface area contributed by atoms with E-state index in [1.54, 1.807) is 0 Å². The molecule has 0 aliphatic rings. The zero-order chi connectivity index (χ0) is 11.4. The van der Waals surface area contributed by atoms with Gasteiger partial charge < -0.3 is 5.32 Å². The van der Waals surface area contributed by atoms with Crippen LogP contribution in [0.2, 0.25) is 0 Å². The van der Waals surface area contributed by atoms with Crippen molar-refractivity contribution in [1.29, 1.82) is 0 Å². The Kier molecular flexibility index (Phi) is 4.80. The summed E-state index contributed by atoms with van der Waals surface area (Å²) in [6.45, 7) is 7.01. The third-order valence-electron chi connectivity index (χ3n) is 2.39. The maximum Gasteiger partial charge on any atom is 0.261 e. The topological polar surface area (TPSA) is 29.1 Å². The van der Waals surface area contributed by atoms with Gasteiger partial charge in [-0.05, 0) is 40.4 Å². The van der Waals surface area contributed by atoms with Crippen molar-refractivity contribution in [3.8, 4) is 0 Å². The summed E-state index contributed by atoms with van der Waals surface area (Å²) in [5.74, 6) is 0.576. The number of thiophene rings is 1. The predicted molar refractivity (Wildman–Crippen MR) is 68.5 cm³/mol. The average molecular weight is 290 g/mol. The van der Waals surface area contributed by atoms with E-state index in [-0.39, 0.29) is 5.91 Å². The van der Waals surface area contributed by atoms with E-state index in [0.717, 1.165) is 27.2 Å². The molecular weight excluding hydrogens is 274 g/mol. The van der Waals surface area contributed by atoms with Crippen molar-refractivity contribution in [2.45, 2.75) is 27.2 Å². The summed E-state index contributed by atoms with van der Waals surface area (Å²) in [5.41, 5.74) is 1.12. The standard InChI is InChI=1S/C11H16BrNOS/c1-4-7(2)6-13-11(14)9-5-8(3)10(12)15-9/h5,7H,4,6H2,1-3H3,(H,13,14). The van der Waals surface area contributed by atoms with Crippen molar-refractivity contribution in [3.63, 3.8) is 0 Å². The quantitative estimate of drug-likeness (QED) is 0.902. The smallest absolute Gasteiger partial charge is 0.261 e. The molecule has 84 valence electrons. The molecule has 0 aliphatic heterocycles. The molecule has 1 amide bonds. The fourth-order valence-corrected chi connectivity index (χ4v) is 2.52. The van der Waals surface area contributed by atoms with E-state index < -0.39 is 0 Å². The first-order valence-corrected chi connectivity index (χ1v) is 6.69. The Morgan fingerprint density at radius 3 is 2.80 bits per heavy atom. The molecule has 4 heteroatoms. The van der Waals surface area contributed by atoms with Crippen molar-refractivity contribution in [1.82, 2.24) is 5.32 Å². The molecule has 1 atom stereocenters. The van der Waals surface area contributed by atoms with E-state index in [0.29, 0.717) is 5.92 Å². The van der Waals surface area contributed by atoms with Crippen LogP contribution in [0.3, 0.4) is 0 Å². The molecule has 1 aromatic rings. The minimum atomic E-state index is 0.0362. The summed E-state index contributed by atoms with van der Waals surface area (Å²) in [5, 5.41) is 2.94.